The molecule has 0 spiro atoms. The van der Waals surface area contributed by atoms with E-state index in [9.17, 15) is 0 Å². The minimum Gasteiger partial charge on any atom is -0.310 e. The van der Waals surface area contributed by atoms with Gasteiger partial charge in [-0.15, -0.1) is 0 Å². The van der Waals surface area contributed by atoms with Gasteiger partial charge in [0.05, 0.1) is 0 Å². The number of hydrogen-bond donors (Lipinski definition) is 1. The van der Waals surface area contributed by atoms with Crippen molar-refractivity contribution in [3.8, 4) is 0 Å². The van der Waals surface area contributed by atoms with Crippen LogP contribution < -0.4 is 5.32 Å². The molecule has 0 amide bonds. The second kappa shape index (κ2) is 8.37. The Morgan fingerprint density at radius 2 is 1.32 bits per heavy atom. The number of nitrogens with one attached hydrogen (secondary N) is 1. The fourth-order valence-corrected chi connectivity index (χ4v) is 2.56. The second-order valence-corrected chi connectivity index (χ2v) is 6.51. The van der Waals surface area contributed by atoms with E-state index in [0.29, 0.717) is 6.04 Å². The third kappa shape index (κ3) is 6.77. The van der Waals surface area contributed by atoms with Gasteiger partial charge in [-0.1, -0.05) is 58.9 Å². The molecule has 1 rings (SSSR count). The molecule has 0 aromatic heterocycles. The fourth-order valence-electron chi connectivity index (χ4n) is 2.56. The SMILES string of the molecule is CCc1ccc(CNC(CC(C)C)CC(C)C)cc1. The molecule has 1 heteroatoms. The van der Waals surface area contributed by atoms with E-state index in [1.165, 1.54) is 24.0 Å². The fraction of sp³-hybridized carbons (Fsp3) is 0.667. The molecule has 1 N–H and O–H groups in total. The van der Waals surface area contributed by atoms with E-state index in [-0.39, 0.29) is 0 Å². The number of aryl methyl sites for hydroxylation is 1. The lowest BCUT2D eigenvalue weighted by atomic mass is 9.95. The van der Waals surface area contributed by atoms with Gasteiger partial charge in [0.15, 0.2) is 0 Å². The molecule has 0 unspecified atom stereocenters. The molecule has 19 heavy (non-hydrogen) atoms. The third-order valence-electron chi connectivity index (χ3n) is 3.54. The monoisotopic (exact) mass is 261 g/mol. The van der Waals surface area contributed by atoms with Crippen molar-refractivity contribution in [1.82, 2.24) is 5.32 Å². The van der Waals surface area contributed by atoms with Gasteiger partial charge < -0.3 is 5.32 Å². The molecule has 1 nitrogen and oxygen atoms in total. The summed E-state index contributed by atoms with van der Waals surface area (Å²) in [5, 5.41) is 3.74. The van der Waals surface area contributed by atoms with E-state index in [1.807, 2.05) is 0 Å². The lowest BCUT2D eigenvalue weighted by Gasteiger charge is -2.22. The normalized spacial score (nSPS) is 11.8. The molecule has 0 heterocycles. The van der Waals surface area contributed by atoms with Gasteiger partial charge in [-0.05, 0) is 42.2 Å². The van der Waals surface area contributed by atoms with Crippen molar-refractivity contribution >= 4 is 0 Å². The van der Waals surface area contributed by atoms with Crippen LogP contribution in [0.5, 0.6) is 0 Å². The van der Waals surface area contributed by atoms with E-state index >= 15 is 0 Å². The Morgan fingerprint density at radius 1 is 0.842 bits per heavy atom. The van der Waals surface area contributed by atoms with E-state index < -0.39 is 0 Å². The number of hydrogen-bond acceptors (Lipinski definition) is 1. The maximum atomic E-state index is 3.74. The maximum absolute atomic E-state index is 3.74. The molecular weight excluding hydrogens is 230 g/mol. The quantitative estimate of drug-likeness (QED) is 0.709. The topological polar surface area (TPSA) is 12.0 Å². The van der Waals surface area contributed by atoms with Gasteiger partial charge in [0.1, 0.15) is 0 Å². The van der Waals surface area contributed by atoms with Gasteiger partial charge in [0.25, 0.3) is 0 Å². The molecule has 0 aliphatic carbocycles. The molecular formula is C18H31N. The van der Waals surface area contributed by atoms with Crippen LogP contribution in [0.4, 0.5) is 0 Å². The smallest absolute Gasteiger partial charge is 0.0208 e. The highest BCUT2D eigenvalue weighted by molar-refractivity contribution is 5.22. The Hall–Kier alpha value is -0.820. The Labute approximate surface area is 119 Å². The standard InChI is InChI=1S/C18H31N/c1-6-16-7-9-17(10-8-16)13-19-18(11-14(2)3)12-15(4)5/h7-10,14-15,18-19H,6,11-13H2,1-5H3. The summed E-state index contributed by atoms with van der Waals surface area (Å²) in [5.74, 6) is 1.53. The van der Waals surface area contributed by atoms with E-state index in [1.54, 1.807) is 0 Å². The van der Waals surface area contributed by atoms with E-state index in [0.717, 1.165) is 24.8 Å². The van der Waals surface area contributed by atoms with Crippen LogP contribution in [0.2, 0.25) is 0 Å². The lowest BCUT2D eigenvalue weighted by Crippen LogP contribution is -2.31. The summed E-state index contributed by atoms with van der Waals surface area (Å²) >= 11 is 0. The first kappa shape index (κ1) is 16.2. The van der Waals surface area contributed by atoms with Gasteiger partial charge in [-0.2, -0.15) is 0 Å². The lowest BCUT2D eigenvalue weighted by molar-refractivity contribution is 0.358. The largest absolute Gasteiger partial charge is 0.310 e. The predicted octanol–water partition coefficient (Wildman–Crippen LogP) is 4.80. The molecule has 0 aliphatic heterocycles. The van der Waals surface area contributed by atoms with Crippen LogP contribution in [-0.2, 0) is 13.0 Å². The molecule has 0 fully saturated rings. The summed E-state index contributed by atoms with van der Waals surface area (Å²) in [7, 11) is 0. The van der Waals surface area contributed by atoms with Gasteiger partial charge in [-0.25, -0.2) is 0 Å². The number of benzene rings is 1. The summed E-state index contributed by atoms with van der Waals surface area (Å²) < 4.78 is 0. The minimum absolute atomic E-state index is 0.644. The average molecular weight is 261 g/mol. The zero-order valence-electron chi connectivity index (χ0n) is 13.4. The maximum Gasteiger partial charge on any atom is 0.0208 e. The first-order chi connectivity index (χ1) is 9.01. The molecule has 0 radical (unpaired) electrons. The Morgan fingerprint density at radius 3 is 1.74 bits per heavy atom. The molecule has 0 aliphatic rings. The van der Waals surface area contributed by atoms with Crippen LogP contribution >= 0.6 is 0 Å². The Bertz CT molecular complexity index is 327. The van der Waals surface area contributed by atoms with Crippen LogP contribution in [0.3, 0.4) is 0 Å². The Balaban J connectivity index is 2.49. The first-order valence-electron chi connectivity index (χ1n) is 7.82. The highest BCUT2D eigenvalue weighted by Gasteiger charge is 2.12. The Kier molecular flexibility index (Phi) is 7.15. The highest BCUT2D eigenvalue weighted by Crippen LogP contribution is 2.14. The third-order valence-corrected chi connectivity index (χ3v) is 3.54. The zero-order valence-corrected chi connectivity index (χ0v) is 13.4. The second-order valence-electron chi connectivity index (χ2n) is 6.51. The summed E-state index contributed by atoms with van der Waals surface area (Å²) in [6.07, 6.45) is 3.66. The molecule has 0 saturated heterocycles. The van der Waals surface area contributed by atoms with Crippen molar-refractivity contribution in [3.63, 3.8) is 0 Å². The van der Waals surface area contributed by atoms with Crippen LogP contribution in [0.25, 0.3) is 0 Å². The van der Waals surface area contributed by atoms with Crippen molar-refractivity contribution in [1.29, 1.82) is 0 Å². The molecule has 1 aromatic carbocycles. The molecule has 0 bridgehead atoms. The van der Waals surface area contributed by atoms with Crippen LogP contribution in [0.15, 0.2) is 24.3 Å². The highest BCUT2D eigenvalue weighted by atomic mass is 14.9. The summed E-state index contributed by atoms with van der Waals surface area (Å²) in [5.41, 5.74) is 2.82. The molecule has 1 aromatic rings. The average Bonchev–Trinajstić information content (AvgIpc) is 2.35. The van der Waals surface area contributed by atoms with Crippen LogP contribution in [0.1, 0.15) is 58.6 Å². The van der Waals surface area contributed by atoms with Crippen molar-refractivity contribution in [2.45, 2.75) is 66.5 Å². The molecule has 0 atom stereocenters. The molecule has 108 valence electrons. The van der Waals surface area contributed by atoms with Gasteiger partial charge >= 0.3 is 0 Å². The van der Waals surface area contributed by atoms with E-state index in [4.69, 9.17) is 0 Å². The first-order valence-corrected chi connectivity index (χ1v) is 7.82. The van der Waals surface area contributed by atoms with Crippen LogP contribution in [0, 0.1) is 11.8 Å². The number of rotatable bonds is 8. The summed E-state index contributed by atoms with van der Waals surface area (Å²) in [4.78, 5) is 0. The van der Waals surface area contributed by atoms with Gasteiger partial charge in [-0.3, -0.25) is 0 Å². The van der Waals surface area contributed by atoms with Crippen molar-refractivity contribution in [3.05, 3.63) is 35.4 Å². The summed E-state index contributed by atoms with van der Waals surface area (Å²) in [6.45, 7) is 12.4. The van der Waals surface area contributed by atoms with Crippen LogP contribution in [-0.4, -0.2) is 6.04 Å². The van der Waals surface area contributed by atoms with Crippen molar-refractivity contribution in [2.75, 3.05) is 0 Å². The van der Waals surface area contributed by atoms with E-state index in [2.05, 4.69) is 64.2 Å². The zero-order chi connectivity index (χ0) is 14.3. The molecule has 0 saturated carbocycles. The van der Waals surface area contributed by atoms with Gasteiger partial charge in [0, 0.05) is 12.6 Å². The summed E-state index contributed by atoms with van der Waals surface area (Å²) in [6, 6.07) is 9.65. The van der Waals surface area contributed by atoms with Gasteiger partial charge in [0.2, 0.25) is 0 Å². The minimum atomic E-state index is 0.644. The van der Waals surface area contributed by atoms with Crippen molar-refractivity contribution in [2.24, 2.45) is 11.8 Å². The predicted molar refractivity (Wildman–Crippen MR) is 85.4 cm³/mol. The van der Waals surface area contributed by atoms with Crippen molar-refractivity contribution < 1.29 is 0 Å².